The molecule has 0 radical (unpaired) electrons. The van der Waals surface area contributed by atoms with Crippen LogP contribution in [0.4, 0.5) is 0 Å². The van der Waals surface area contributed by atoms with Gasteiger partial charge in [-0.2, -0.15) is 0 Å². The minimum atomic E-state index is 0.214. The zero-order chi connectivity index (χ0) is 11.4. The lowest BCUT2D eigenvalue weighted by atomic mass is 9.94. The molecule has 2 rings (SSSR count). The average Bonchev–Trinajstić information content (AvgIpc) is 2.65. The van der Waals surface area contributed by atoms with Crippen molar-refractivity contribution in [1.29, 1.82) is 0 Å². The fraction of sp³-hybridized carbons (Fsp3) is 0.538. The summed E-state index contributed by atoms with van der Waals surface area (Å²) in [6, 6.07) is 0. The van der Waals surface area contributed by atoms with Gasteiger partial charge in [0.05, 0.1) is 6.42 Å². The number of hydrogen-bond donors (Lipinski definition) is 0. The molecule has 1 fully saturated rings. The highest BCUT2D eigenvalue weighted by Crippen LogP contribution is 2.22. The second kappa shape index (κ2) is 5.39. The standard InChI is InChI=1S/C13H17NOS/c1-10-9-16-13(14-10)8-12(15)7-11-5-3-2-4-6-11/h7,9H,2-6,8H2,1H3. The predicted octanol–water partition coefficient (Wildman–Crippen LogP) is 3.45. The summed E-state index contributed by atoms with van der Waals surface area (Å²) in [6.45, 7) is 1.96. The highest BCUT2D eigenvalue weighted by atomic mass is 32.1. The Morgan fingerprint density at radius 1 is 1.44 bits per heavy atom. The maximum Gasteiger partial charge on any atom is 0.162 e. The van der Waals surface area contributed by atoms with Crippen molar-refractivity contribution in [3.8, 4) is 0 Å². The molecule has 1 aromatic heterocycles. The van der Waals surface area contributed by atoms with Crippen LogP contribution in [0.1, 0.15) is 42.8 Å². The number of thiazole rings is 1. The molecule has 0 aromatic carbocycles. The Bertz CT molecular complexity index is 398. The van der Waals surface area contributed by atoms with E-state index >= 15 is 0 Å². The Labute approximate surface area is 100 Å². The smallest absolute Gasteiger partial charge is 0.162 e. The molecule has 0 unspecified atom stereocenters. The molecule has 0 aliphatic heterocycles. The Kier molecular flexibility index (Phi) is 3.88. The van der Waals surface area contributed by atoms with E-state index in [4.69, 9.17) is 0 Å². The molecule has 0 spiro atoms. The molecule has 0 N–H and O–H groups in total. The molecule has 1 saturated carbocycles. The quantitative estimate of drug-likeness (QED) is 0.751. The van der Waals surface area contributed by atoms with Crippen molar-refractivity contribution in [3.63, 3.8) is 0 Å². The van der Waals surface area contributed by atoms with Crippen molar-refractivity contribution < 1.29 is 4.79 Å². The molecule has 16 heavy (non-hydrogen) atoms. The summed E-state index contributed by atoms with van der Waals surface area (Å²) in [5.74, 6) is 0.214. The summed E-state index contributed by atoms with van der Waals surface area (Å²) >= 11 is 1.58. The first-order valence-corrected chi connectivity index (χ1v) is 6.75. The average molecular weight is 235 g/mol. The molecular weight excluding hydrogens is 218 g/mol. The van der Waals surface area contributed by atoms with Gasteiger partial charge < -0.3 is 0 Å². The Hall–Kier alpha value is -0.960. The number of aromatic nitrogens is 1. The highest BCUT2D eigenvalue weighted by molar-refractivity contribution is 7.09. The monoisotopic (exact) mass is 235 g/mol. The van der Waals surface area contributed by atoms with Gasteiger partial charge >= 0.3 is 0 Å². The maximum absolute atomic E-state index is 11.8. The van der Waals surface area contributed by atoms with Gasteiger partial charge in [0.2, 0.25) is 0 Å². The van der Waals surface area contributed by atoms with Crippen molar-refractivity contribution in [2.45, 2.75) is 45.4 Å². The third-order valence-electron chi connectivity index (χ3n) is 2.85. The number of rotatable bonds is 3. The lowest BCUT2D eigenvalue weighted by molar-refractivity contribution is -0.114. The van der Waals surface area contributed by atoms with Crippen LogP contribution >= 0.6 is 11.3 Å². The Morgan fingerprint density at radius 2 is 2.19 bits per heavy atom. The SMILES string of the molecule is Cc1csc(CC(=O)C=C2CCCCC2)n1. The van der Waals surface area contributed by atoms with Gasteiger partial charge in [-0.15, -0.1) is 11.3 Å². The van der Waals surface area contributed by atoms with E-state index < -0.39 is 0 Å². The van der Waals surface area contributed by atoms with Crippen LogP contribution in [-0.4, -0.2) is 10.8 Å². The molecule has 2 nitrogen and oxygen atoms in total. The first-order chi connectivity index (χ1) is 7.74. The largest absolute Gasteiger partial charge is 0.294 e. The lowest BCUT2D eigenvalue weighted by Crippen LogP contribution is -2.02. The summed E-state index contributed by atoms with van der Waals surface area (Å²) in [4.78, 5) is 16.1. The molecule has 0 bridgehead atoms. The van der Waals surface area contributed by atoms with Gasteiger partial charge in [0.1, 0.15) is 5.01 Å². The highest BCUT2D eigenvalue weighted by Gasteiger charge is 2.09. The summed E-state index contributed by atoms with van der Waals surface area (Å²) < 4.78 is 0. The first-order valence-electron chi connectivity index (χ1n) is 5.87. The third kappa shape index (κ3) is 3.27. The van der Waals surface area contributed by atoms with E-state index in [-0.39, 0.29) is 5.78 Å². The minimum Gasteiger partial charge on any atom is -0.294 e. The zero-order valence-corrected chi connectivity index (χ0v) is 10.5. The van der Waals surface area contributed by atoms with Crippen molar-refractivity contribution in [3.05, 3.63) is 27.7 Å². The van der Waals surface area contributed by atoms with Crippen LogP contribution in [0.2, 0.25) is 0 Å². The van der Waals surface area contributed by atoms with Crippen molar-refractivity contribution in [1.82, 2.24) is 4.98 Å². The molecule has 1 aliphatic rings. The Balaban J connectivity index is 1.92. The van der Waals surface area contributed by atoms with Gasteiger partial charge in [-0.05, 0) is 38.7 Å². The van der Waals surface area contributed by atoms with Gasteiger partial charge in [-0.25, -0.2) is 4.98 Å². The second-order valence-corrected chi connectivity index (χ2v) is 5.33. The van der Waals surface area contributed by atoms with Crippen LogP contribution in [0, 0.1) is 6.92 Å². The summed E-state index contributed by atoms with van der Waals surface area (Å²) in [5.41, 5.74) is 2.35. The van der Waals surface area contributed by atoms with E-state index in [2.05, 4.69) is 4.98 Å². The zero-order valence-electron chi connectivity index (χ0n) is 9.66. The van der Waals surface area contributed by atoms with Crippen molar-refractivity contribution in [2.75, 3.05) is 0 Å². The van der Waals surface area contributed by atoms with Crippen molar-refractivity contribution in [2.24, 2.45) is 0 Å². The van der Waals surface area contributed by atoms with Gasteiger partial charge in [0, 0.05) is 11.1 Å². The molecule has 0 saturated heterocycles. The molecule has 1 heterocycles. The topological polar surface area (TPSA) is 30.0 Å². The minimum absolute atomic E-state index is 0.214. The first kappa shape index (κ1) is 11.5. The van der Waals surface area contributed by atoms with Crippen LogP contribution in [-0.2, 0) is 11.2 Å². The van der Waals surface area contributed by atoms with E-state index in [1.54, 1.807) is 11.3 Å². The lowest BCUT2D eigenvalue weighted by Gasteiger charge is -2.12. The van der Waals surface area contributed by atoms with E-state index in [0.29, 0.717) is 6.42 Å². The van der Waals surface area contributed by atoms with Gasteiger partial charge in [-0.3, -0.25) is 4.79 Å². The van der Waals surface area contributed by atoms with Crippen LogP contribution in [0.3, 0.4) is 0 Å². The number of nitrogens with zero attached hydrogens (tertiary/aromatic N) is 1. The van der Waals surface area contributed by atoms with E-state index in [1.165, 1.54) is 24.8 Å². The maximum atomic E-state index is 11.8. The molecule has 1 aromatic rings. The molecule has 3 heteroatoms. The number of aryl methyl sites for hydroxylation is 1. The fourth-order valence-corrected chi connectivity index (χ4v) is 2.84. The molecule has 0 amide bonds. The number of hydrogen-bond acceptors (Lipinski definition) is 3. The Morgan fingerprint density at radius 3 is 2.81 bits per heavy atom. The van der Waals surface area contributed by atoms with Gasteiger partial charge in [0.25, 0.3) is 0 Å². The number of carbonyl (C=O) groups is 1. The molecule has 86 valence electrons. The molecular formula is C13H17NOS. The number of ketones is 1. The van der Waals surface area contributed by atoms with E-state index in [1.807, 2.05) is 18.4 Å². The number of allylic oxidation sites excluding steroid dienone is 2. The fourth-order valence-electron chi connectivity index (χ4n) is 2.06. The molecule has 0 atom stereocenters. The van der Waals surface area contributed by atoms with Crippen LogP contribution in [0.25, 0.3) is 0 Å². The van der Waals surface area contributed by atoms with Crippen molar-refractivity contribution >= 4 is 17.1 Å². The van der Waals surface area contributed by atoms with E-state index in [9.17, 15) is 4.79 Å². The summed E-state index contributed by atoms with van der Waals surface area (Å²) in [7, 11) is 0. The normalized spacial score (nSPS) is 16.2. The van der Waals surface area contributed by atoms with Crippen LogP contribution in [0.5, 0.6) is 0 Å². The van der Waals surface area contributed by atoms with E-state index in [0.717, 1.165) is 23.5 Å². The molecule has 1 aliphatic carbocycles. The second-order valence-electron chi connectivity index (χ2n) is 4.39. The predicted molar refractivity (Wildman–Crippen MR) is 66.7 cm³/mol. The summed E-state index contributed by atoms with van der Waals surface area (Å²) in [5, 5.41) is 2.94. The third-order valence-corrected chi connectivity index (χ3v) is 3.82. The summed E-state index contributed by atoms with van der Waals surface area (Å²) in [6.07, 6.45) is 8.37. The van der Waals surface area contributed by atoms with Crippen LogP contribution in [0.15, 0.2) is 17.0 Å². The van der Waals surface area contributed by atoms with Gasteiger partial charge in [-0.1, -0.05) is 12.0 Å². The van der Waals surface area contributed by atoms with Gasteiger partial charge in [0.15, 0.2) is 5.78 Å². The number of carbonyl (C=O) groups excluding carboxylic acids is 1. The van der Waals surface area contributed by atoms with Crippen LogP contribution < -0.4 is 0 Å².